The van der Waals surface area contributed by atoms with Crippen molar-refractivity contribution in [1.82, 2.24) is 0 Å². The molecule has 13 heavy (non-hydrogen) atoms. The van der Waals surface area contributed by atoms with E-state index in [9.17, 15) is 9.90 Å². The molecule has 1 aliphatic heterocycles. The molecule has 1 fully saturated rings. The largest absolute Gasteiger partial charge is 0.414 e. The zero-order valence-corrected chi connectivity index (χ0v) is 7.90. The molecule has 1 saturated heterocycles. The van der Waals surface area contributed by atoms with Gasteiger partial charge in [-0.3, -0.25) is 0 Å². The number of aliphatic hydroxyl groups excluding tert-OH is 1. The number of rotatable bonds is 2. The van der Waals surface area contributed by atoms with Crippen LogP contribution in [0.4, 0.5) is 4.79 Å². The quantitative estimate of drug-likeness (QED) is 0.564. The van der Waals surface area contributed by atoms with Crippen molar-refractivity contribution in [3.05, 3.63) is 0 Å². The number of urea groups is 1. The Labute approximate surface area is 77.7 Å². The molecule has 2 amide bonds. The highest BCUT2D eigenvalue weighted by atomic mass is 16.5. The van der Waals surface area contributed by atoms with Crippen molar-refractivity contribution in [2.45, 2.75) is 13.0 Å². The van der Waals surface area contributed by atoms with Crippen LogP contribution in [-0.4, -0.2) is 54.6 Å². The number of morpholine rings is 1. The Kier molecular flexibility index (Phi) is 3.24. The minimum absolute atomic E-state index is 0.150. The Morgan fingerprint density at radius 2 is 2.15 bits per heavy atom. The number of amides is 2. The maximum Gasteiger partial charge on any atom is 0.414 e. The van der Waals surface area contributed by atoms with Gasteiger partial charge in [-0.25, -0.2) is 9.28 Å². The van der Waals surface area contributed by atoms with Gasteiger partial charge in [0.2, 0.25) is 0 Å². The van der Waals surface area contributed by atoms with Crippen LogP contribution in [0.15, 0.2) is 0 Å². The molecule has 76 valence electrons. The molecule has 1 rings (SSSR count). The number of nitrogens with zero attached hydrogens (tertiary/aromatic N) is 1. The van der Waals surface area contributed by atoms with E-state index >= 15 is 0 Å². The molecule has 0 aromatic heterocycles. The van der Waals surface area contributed by atoms with E-state index in [1.165, 1.54) is 0 Å². The fourth-order valence-corrected chi connectivity index (χ4v) is 1.69. The summed E-state index contributed by atoms with van der Waals surface area (Å²) in [5.74, 6) is 0. The van der Waals surface area contributed by atoms with Gasteiger partial charge in [0, 0.05) is 0 Å². The smallest absolute Gasteiger partial charge is 0.388 e. The van der Waals surface area contributed by atoms with Crippen LogP contribution in [0.25, 0.3) is 0 Å². The average molecular weight is 189 g/mol. The van der Waals surface area contributed by atoms with E-state index in [1.807, 2.05) is 0 Å². The predicted octanol–water partition coefficient (Wildman–Crippen LogP) is -0.707. The third-order valence-electron chi connectivity index (χ3n) is 2.41. The summed E-state index contributed by atoms with van der Waals surface area (Å²) in [7, 11) is 0. The van der Waals surface area contributed by atoms with Crippen LogP contribution in [0.2, 0.25) is 0 Å². The minimum atomic E-state index is -0.509. The zero-order chi connectivity index (χ0) is 9.90. The number of ether oxygens (including phenoxy) is 1. The monoisotopic (exact) mass is 189 g/mol. The zero-order valence-electron chi connectivity index (χ0n) is 7.90. The first-order valence-electron chi connectivity index (χ1n) is 4.49. The molecule has 1 unspecified atom stereocenters. The highest BCUT2D eigenvalue weighted by Gasteiger charge is 2.37. The lowest BCUT2D eigenvalue weighted by Crippen LogP contribution is -2.63. The molecule has 5 nitrogen and oxygen atoms in total. The molecular formula is C8H17N2O3+. The molecule has 0 aromatic carbocycles. The SMILES string of the molecule is CC(O)C[N+]1(C(N)=O)CCOCC1. The second-order valence-corrected chi connectivity index (χ2v) is 3.57. The minimum Gasteiger partial charge on any atom is -0.388 e. The number of hydrogen-bond acceptors (Lipinski definition) is 3. The summed E-state index contributed by atoms with van der Waals surface area (Å²) < 4.78 is 5.30. The Hall–Kier alpha value is -0.650. The van der Waals surface area contributed by atoms with Crippen molar-refractivity contribution >= 4 is 6.03 Å². The summed E-state index contributed by atoms with van der Waals surface area (Å²) in [6.45, 7) is 4.27. The molecule has 1 heterocycles. The lowest BCUT2D eigenvalue weighted by molar-refractivity contribution is -0.861. The average Bonchev–Trinajstić information content (AvgIpc) is 2.04. The number of carbonyl (C=O) groups is 1. The van der Waals surface area contributed by atoms with E-state index in [0.29, 0.717) is 32.8 Å². The van der Waals surface area contributed by atoms with Gasteiger partial charge in [-0.15, -0.1) is 0 Å². The van der Waals surface area contributed by atoms with E-state index in [1.54, 1.807) is 6.92 Å². The Balaban J connectivity index is 2.67. The van der Waals surface area contributed by atoms with Gasteiger partial charge in [0.15, 0.2) is 0 Å². The fraction of sp³-hybridized carbons (Fsp3) is 0.875. The Bertz CT molecular complexity index is 188. The van der Waals surface area contributed by atoms with Gasteiger partial charge in [0.25, 0.3) is 0 Å². The van der Waals surface area contributed by atoms with Crippen LogP contribution in [0, 0.1) is 0 Å². The standard InChI is InChI=1S/C8H16N2O3/c1-7(11)6-10(8(9)12)2-4-13-5-3-10/h7,11H,2-6H2,1H3,(H-,9,12)/p+1. The third-order valence-corrected chi connectivity index (χ3v) is 2.41. The first-order valence-corrected chi connectivity index (χ1v) is 4.49. The van der Waals surface area contributed by atoms with Crippen molar-refractivity contribution in [3.63, 3.8) is 0 Å². The Morgan fingerprint density at radius 3 is 2.54 bits per heavy atom. The first kappa shape index (κ1) is 10.4. The van der Waals surface area contributed by atoms with Gasteiger partial charge in [0.1, 0.15) is 25.7 Å². The summed E-state index contributed by atoms with van der Waals surface area (Å²) in [6.07, 6.45) is -0.509. The fourth-order valence-electron chi connectivity index (χ4n) is 1.69. The van der Waals surface area contributed by atoms with Crippen molar-refractivity contribution in [1.29, 1.82) is 0 Å². The van der Waals surface area contributed by atoms with E-state index in [4.69, 9.17) is 10.5 Å². The van der Waals surface area contributed by atoms with Crippen LogP contribution in [-0.2, 0) is 4.74 Å². The van der Waals surface area contributed by atoms with Crippen molar-refractivity contribution in [3.8, 4) is 0 Å². The molecule has 0 saturated carbocycles. The maximum atomic E-state index is 11.2. The van der Waals surface area contributed by atoms with E-state index < -0.39 is 6.10 Å². The van der Waals surface area contributed by atoms with Crippen molar-refractivity contribution < 1.29 is 19.1 Å². The van der Waals surface area contributed by atoms with Gasteiger partial charge in [-0.1, -0.05) is 0 Å². The van der Waals surface area contributed by atoms with Gasteiger partial charge >= 0.3 is 6.03 Å². The van der Waals surface area contributed by atoms with Crippen LogP contribution >= 0.6 is 0 Å². The van der Waals surface area contributed by atoms with E-state index in [-0.39, 0.29) is 10.5 Å². The van der Waals surface area contributed by atoms with Crippen molar-refractivity contribution in [2.75, 3.05) is 32.8 Å². The summed E-state index contributed by atoms with van der Waals surface area (Å²) in [4.78, 5) is 11.2. The second kappa shape index (κ2) is 4.04. The number of carbonyl (C=O) groups excluding carboxylic acids is 1. The van der Waals surface area contributed by atoms with Crippen molar-refractivity contribution in [2.24, 2.45) is 5.73 Å². The number of quaternary nitrogens is 1. The highest BCUT2D eigenvalue weighted by molar-refractivity contribution is 5.64. The third kappa shape index (κ3) is 2.40. The molecule has 0 aliphatic carbocycles. The number of aliphatic hydroxyl groups is 1. The number of hydrogen-bond donors (Lipinski definition) is 2. The van der Waals surface area contributed by atoms with E-state index in [0.717, 1.165) is 0 Å². The molecule has 3 N–H and O–H groups in total. The molecule has 0 aromatic rings. The lowest BCUT2D eigenvalue weighted by Gasteiger charge is -2.37. The van der Waals surface area contributed by atoms with Gasteiger partial charge < -0.3 is 15.6 Å². The lowest BCUT2D eigenvalue weighted by atomic mass is 10.2. The van der Waals surface area contributed by atoms with E-state index in [2.05, 4.69) is 0 Å². The van der Waals surface area contributed by atoms with Crippen LogP contribution in [0.5, 0.6) is 0 Å². The molecule has 0 spiro atoms. The summed E-state index contributed by atoms with van der Waals surface area (Å²) in [5.41, 5.74) is 5.32. The highest BCUT2D eigenvalue weighted by Crippen LogP contribution is 2.12. The first-order chi connectivity index (χ1) is 6.07. The van der Waals surface area contributed by atoms with Crippen LogP contribution < -0.4 is 5.73 Å². The molecule has 1 aliphatic rings. The summed E-state index contributed by atoms with van der Waals surface area (Å²) in [5, 5.41) is 9.25. The molecule has 0 bridgehead atoms. The second-order valence-electron chi connectivity index (χ2n) is 3.57. The van der Waals surface area contributed by atoms with Gasteiger partial charge in [-0.2, -0.15) is 0 Å². The molecular weight excluding hydrogens is 172 g/mol. The number of primary amides is 1. The van der Waals surface area contributed by atoms with Gasteiger partial charge in [0.05, 0.1) is 13.2 Å². The van der Waals surface area contributed by atoms with Gasteiger partial charge in [-0.05, 0) is 6.92 Å². The normalized spacial score (nSPS) is 23.8. The Morgan fingerprint density at radius 1 is 1.62 bits per heavy atom. The van der Waals surface area contributed by atoms with Crippen LogP contribution in [0.3, 0.4) is 0 Å². The molecule has 5 heteroatoms. The topological polar surface area (TPSA) is 72.5 Å². The predicted molar refractivity (Wildman–Crippen MR) is 46.9 cm³/mol. The molecule has 0 radical (unpaired) electrons. The summed E-state index contributed by atoms with van der Waals surface area (Å²) >= 11 is 0. The molecule has 1 atom stereocenters. The maximum absolute atomic E-state index is 11.2. The number of nitrogens with two attached hydrogens (primary N) is 1. The summed E-state index contributed by atoms with van der Waals surface area (Å²) in [6, 6.07) is -0.371. The van der Waals surface area contributed by atoms with Crippen LogP contribution in [0.1, 0.15) is 6.92 Å².